The average Bonchev–Trinajstić information content (AvgIpc) is 1.63. The number of carbonyl (C=O) groups excluding carboxylic acids is 8. The molecule has 6 heterocycles. The molecule has 0 radical (unpaired) electrons. The van der Waals surface area contributed by atoms with E-state index in [-0.39, 0.29) is 66.7 Å². The molecule has 7 aromatic rings. The van der Waals surface area contributed by atoms with Crippen molar-refractivity contribution in [2.45, 2.75) is 96.4 Å². The number of carbonyl (C=O) groups is 8. The predicted octanol–water partition coefficient (Wildman–Crippen LogP) is 11.1. The van der Waals surface area contributed by atoms with Crippen molar-refractivity contribution in [3.8, 4) is 0 Å². The Labute approximate surface area is 536 Å². The van der Waals surface area contributed by atoms with Crippen molar-refractivity contribution in [1.82, 2.24) is 34.6 Å². The highest BCUT2D eigenvalue weighted by atomic mass is 16.2. The second-order valence-corrected chi connectivity index (χ2v) is 23.5. The van der Waals surface area contributed by atoms with Crippen molar-refractivity contribution in [2.24, 2.45) is 0 Å². The van der Waals surface area contributed by atoms with Gasteiger partial charge in [0.2, 0.25) is 29.5 Å². The summed E-state index contributed by atoms with van der Waals surface area (Å²) in [6.07, 6.45) is 15.6. The quantitative estimate of drug-likeness (QED) is 0.0371. The highest BCUT2D eigenvalue weighted by molar-refractivity contribution is 6.20. The first kappa shape index (κ1) is 65.0. The van der Waals surface area contributed by atoms with Crippen molar-refractivity contribution < 1.29 is 38.4 Å². The zero-order chi connectivity index (χ0) is 64.3. The van der Waals surface area contributed by atoms with Crippen LogP contribution >= 0.6 is 0 Å². The van der Waals surface area contributed by atoms with Gasteiger partial charge in [0.25, 0.3) is 17.7 Å². The largest absolute Gasteiger partial charge is 0.346 e. The van der Waals surface area contributed by atoms with Crippen LogP contribution in [0.15, 0.2) is 158 Å². The molecule has 476 valence electrons. The van der Waals surface area contributed by atoms with Gasteiger partial charge in [-0.25, -0.2) is 15.0 Å². The first-order valence-corrected chi connectivity index (χ1v) is 31.8. The average molecular weight is 1240 g/mol. The Hall–Kier alpha value is -9.99. The summed E-state index contributed by atoms with van der Waals surface area (Å²) in [7, 11) is 3.71. The number of benzene rings is 4. The summed E-state index contributed by atoms with van der Waals surface area (Å²) in [5.41, 5.74) is 4.45. The maximum absolute atomic E-state index is 14.7. The lowest BCUT2D eigenvalue weighted by Crippen LogP contribution is -2.44. The van der Waals surface area contributed by atoms with Gasteiger partial charge in [-0.2, -0.15) is 0 Å². The van der Waals surface area contributed by atoms with E-state index < -0.39 is 11.8 Å². The molecule has 0 bridgehead atoms. The van der Waals surface area contributed by atoms with Crippen LogP contribution < -0.4 is 30.7 Å². The molecule has 0 atom stereocenters. The summed E-state index contributed by atoms with van der Waals surface area (Å²) in [6.45, 7) is 2.51. The maximum atomic E-state index is 14.7. The van der Waals surface area contributed by atoms with E-state index in [9.17, 15) is 38.4 Å². The van der Waals surface area contributed by atoms with Gasteiger partial charge in [0, 0.05) is 65.2 Å². The minimum absolute atomic E-state index is 0.0541. The number of fused-ring (bicyclic) bond motifs is 6. The molecule has 10 rings (SSSR count). The first-order chi connectivity index (χ1) is 44.8. The van der Waals surface area contributed by atoms with Gasteiger partial charge < -0.3 is 25.8 Å². The molecule has 0 saturated heterocycles. The van der Waals surface area contributed by atoms with E-state index in [0.29, 0.717) is 121 Å². The van der Waals surface area contributed by atoms with E-state index in [1.807, 2.05) is 55.4 Å². The number of aromatic nitrogens is 3. The van der Waals surface area contributed by atoms with Crippen LogP contribution in [0, 0.1) is 0 Å². The zero-order valence-electron chi connectivity index (χ0n) is 52.3. The highest BCUT2D eigenvalue weighted by Crippen LogP contribution is 2.40. The Morgan fingerprint density at radius 1 is 0.370 bits per heavy atom. The number of unbranched alkanes of at least 4 members (excludes halogenated alkanes) is 9. The van der Waals surface area contributed by atoms with Gasteiger partial charge in [-0.3, -0.25) is 62.9 Å². The number of hydrogen-bond acceptors (Lipinski definition) is 13. The molecule has 3 N–H and O–H groups in total. The minimum atomic E-state index is -0.418. The Kier molecular flexibility index (Phi) is 22.4. The van der Waals surface area contributed by atoms with E-state index in [2.05, 4.69) is 35.8 Å². The number of pyridine rings is 3. The van der Waals surface area contributed by atoms with Gasteiger partial charge in [0.15, 0.2) is 17.5 Å². The van der Waals surface area contributed by atoms with Gasteiger partial charge in [-0.1, -0.05) is 105 Å². The summed E-state index contributed by atoms with van der Waals surface area (Å²) < 4.78 is 0. The zero-order valence-corrected chi connectivity index (χ0v) is 52.3. The lowest BCUT2D eigenvalue weighted by atomic mass is 10.1. The molecule has 21 nitrogen and oxygen atoms in total. The second kappa shape index (κ2) is 31.6. The number of hydrogen-bond donors (Lipinski definition) is 3. The fraction of sp³-hybridized carbons (Fsp3) is 0.338. The van der Waals surface area contributed by atoms with Gasteiger partial charge in [-0.05, 0) is 130 Å². The summed E-state index contributed by atoms with van der Waals surface area (Å²) >= 11 is 0. The number of nitrogens with zero attached hydrogens (tertiary/aromatic N) is 10. The van der Waals surface area contributed by atoms with Crippen molar-refractivity contribution >= 4 is 98.8 Å². The first-order valence-electron chi connectivity index (χ1n) is 31.8. The normalized spacial score (nSPS) is 13.0. The molecular formula is C71H79N13O8. The van der Waals surface area contributed by atoms with Gasteiger partial charge in [0.1, 0.15) is 0 Å². The van der Waals surface area contributed by atoms with Crippen LogP contribution in [0.25, 0.3) is 0 Å². The third-order valence-corrected chi connectivity index (χ3v) is 16.8. The van der Waals surface area contributed by atoms with Gasteiger partial charge in [0.05, 0.1) is 70.4 Å². The minimum Gasteiger partial charge on any atom is -0.346 e. The number of nitrogens with one attached hydrogen (secondary N) is 3. The summed E-state index contributed by atoms with van der Waals surface area (Å²) in [5.74, 6) is -1.05. The maximum Gasteiger partial charge on any atom is 0.257 e. The standard InChI is InChI=1S/C71H79N13O8/c1-78(61(85)38-12-8-22-45-80(47-51-27-10-7-11-28-51)48-63(87)82-58-35-17-14-29-52(58)69(90)75-55-32-24-40-72-66(55)82)43-20-5-3-4-6-21-44-79(2)62(86)39-13-9-23-46-81(49-64(88)83-59-36-18-15-30-53(59)70(91)76-56-33-25-41-73-67(56)83)50-65(89)84-60-37-19-16-31-54(60)71(92)77-57-34-26-42-74-68(57)84/h7,10-11,14-19,24-37,40-42H,3-6,8-9,12-13,20-23,38-39,43-50H2,1-2H3,(H,75,90)(H,76,91)(H,77,92). The molecule has 3 aliphatic heterocycles. The molecule has 21 heteroatoms. The fourth-order valence-corrected chi connectivity index (χ4v) is 11.9. The molecule has 3 aromatic heterocycles. The third kappa shape index (κ3) is 16.3. The van der Waals surface area contributed by atoms with E-state index in [4.69, 9.17) is 0 Å². The van der Waals surface area contributed by atoms with Crippen LogP contribution in [-0.4, -0.2) is 142 Å². The van der Waals surface area contributed by atoms with E-state index in [0.717, 1.165) is 63.4 Å². The highest BCUT2D eigenvalue weighted by Gasteiger charge is 2.36. The van der Waals surface area contributed by atoms with Crippen LogP contribution in [0.4, 0.5) is 51.6 Å². The summed E-state index contributed by atoms with van der Waals surface area (Å²) in [4.78, 5) is 136. The summed E-state index contributed by atoms with van der Waals surface area (Å²) in [6, 6.07) is 40.9. The third-order valence-electron chi connectivity index (χ3n) is 16.8. The number of anilines is 9. The van der Waals surface area contributed by atoms with Crippen molar-refractivity contribution in [2.75, 3.05) is 90.6 Å². The SMILES string of the molecule is CN(CCCCCCCCN(C)C(=O)CCCCCN(CC(=O)N1c2ccccc2C(=O)Nc2cccnc21)Cc1ccccc1)C(=O)CCCCCN(CC(=O)N1c2ccccc2C(=O)Nc2cccnc21)CC(=O)N1c2ccccc2C(=O)Nc2cccnc21. The van der Waals surface area contributed by atoms with Gasteiger partial charge >= 0.3 is 0 Å². The Morgan fingerprint density at radius 2 is 0.696 bits per heavy atom. The Bertz CT molecular complexity index is 3670. The molecule has 3 aliphatic rings. The Balaban J connectivity index is 0.636. The van der Waals surface area contributed by atoms with E-state index in [1.54, 1.807) is 136 Å². The lowest BCUT2D eigenvalue weighted by Gasteiger charge is -2.29. The molecule has 0 aliphatic carbocycles. The topological polar surface area (TPSA) is 234 Å². The Morgan fingerprint density at radius 3 is 1.10 bits per heavy atom. The lowest BCUT2D eigenvalue weighted by molar-refractivity contribution is -0.130. The molecule has 4 aromatic carbocycles. The molecule has 0 saturated carbocycles. The van der Waals surface area contributed by atoms with E-state index >= 15 is 0 Å². The van der Waals surface area contributed by atoms with Crippen molar-refractivity contribution in [3.63, 3.8) is 0 Å². The van der Waals surface area contributed by atoms with E-state index in [1.165, 1.54) is 9.80 Å². The van der Waals surface area contributed by atoms with Crippen LogP contribution in [0.2, 0.25) is 0 Å². The molecule has 0 unspecified atom stereocenters. The van der Waals surface area contributed by atoms with Crippen molar-refractivity contribution in [3.05, 3.63) is 180 Å². The fourth-order valence-electron chi connectivity index (χ4n) is 11.9. The van der Waals surface area contributed by atoms with Crippen LogP contribution in [0.1, 0.15) is 127 Å². The molecular weight excluding hydrogens is 1160 g/mol. The second-order valence-electron chi connectivity index (χ2n) is 23.5. The van der Waals surface area contributed by atoms with Crippen LogP contribution in [-0.2, 0) is 30.5 Å². The van der Waals surface area contributed by atoms with Crippen LogP contribution in [0.5, 0.6) is 0 Å². The summed E-state index contributed by atoms with van der Waals surface area (Å²) in [5, 5.41) is 8.66. The van der Waals surface area contributed by atoms with Crippen molar-refractivity contribution in [1.29, 1.82) is 0 Å². The monoisotopic (exact) mass is 1240 g/mol. The van der Waals surface area contributed by atoms with Crippen LogP contribution in [0.3, 0.4) is 0 Å². The number of amides is 8. The number of para-hydroxylation sites is 3. The molecule has 0 spiro atoms. The molecule has 0 fully saturated rings. The smallest absolute Gasteiger partial charge is 0.257 e. The van der Waals surface area contributed by atoms with Gasteiger partial charge in [-0.15, -0.1) is 0 Å². The molecule has 8 amide bonds. The molecule has 92 heavy (non-hydrogen) atoms. The predicted molar refractivity (Wildman–Crippen MR) is 355 cm³/mol. The number of rotatable bonds is 29.